The van der Waals surface area contributed by atoms with Crippen LogP contribution < -0.4 is 9.62 Å². The van der Waals surface area contributed by atoms with Crippen LogP contribution in [0.15, 0.2) is 108 Å². The number of rotatable bonds is 12. The van der Waals surface area contributed by atoms with Crippen molar-refractivity contribution in [1.82, 2.24) is 10.2 Å². The van der Waals surface area contributed by atoms with Crippen molar-refractivity contribution in [2.75, 3.05) is 10.8 Å². The lowest BCUT2D eigenvalue weighted by Gasteiger charge is -2.34. The van der Waals surface area contributed by atoms with Gasteiger partial charge in [-0.2, -0.15) is 0 Å². The summed E-state index contributed by atoms with van der Waals surface area (Å²) < 4.78 is 29.6. The number of anilines is 1. The van der Waals surface area contributed by atoms with Gasteiger partial charge in [0.05, 0.1) is 10.6 Å². The lowest BCUT2D eigenvalue weighted by molar-refractivity contribution is -0.140. The molecule has 0 saturated heterocycles. The van der Waals surface area contributed by atoms with Gasteiger partial charge in [-0.25, -0.2) is 8.42 Å². The van der Waals surface area contributed by atoms with Crippen LogP contribution in [0.1, 0.15) is 47.9 Å². The molecule has 0 spiro atoms. The number of nitrogens with zero attached hydrogens (tertiary/aromatic N) is 2. The summed E-state index contributed by atoms with van der Waals surface area (Å²) in [6, 6.07) is 29.4. The van der Waals surface area contributed by atoms with Gasteiger partial charge in [-0.1, -0.05) is 91.2 Å². The number of carbonyl (C=O) groups is 2. The van der Waals surface area contributed by atoms with E-state index in [1.165, 1.54) is 17.0 Å². The highest BCUT2D eigenvalue weighted by atomic mass is 35.5. The van der Waals surface area contributed by atoms with Gasteiger partial charge in [0.15, 0.2) is 0 Å². The zero-order valence-corrected chi connectivity index (χ0v) is 27.8. The predicted molar refractivity (Wildman–Crippen MR) is 183 cm³/mol. The van der Waals surface area contributed by atoms with Crippen molar-refractivity contribution in [2.24, 2.45) is 0 Å². The molecule has 1 unspecified atom stereocenters. The monoisotopic (exact) mass is 657 g/mol. The van der Waals surface area contributed by atoms with Crippen molar-refractivity contribution < 1.29 is 18.0 Å². The van der Waals surface area contributed by atoms with E-state index in [9.17, 15) is 18.0 Å². The van der Waals surface area contributed by atoms with E-state index in [0.717, 1.165) is 52.2 Å². The lowest BCUT2D eigenvalue weighted by atomic mass is 10.0. The third-order valence-corrected chi connectivity index (χ3v) is 10.3. The first-order chi connectivity index (χ1) is 22.1. The molecule has 0 aliphatic heterocycles. The SMILES string of the molecule is Cc1cc(C)cc(N(CC(=O)N(Cc2cccc(Cl)c2)C(Cc2ccccc2)C(=O)NC2CCCC2)S(=O)(=O)c2ccccc2)c1. The molecule has 9 heteroatoms. The quantitative estimate of drug-likeness (QED) is 0.181. The van der Waals surface area contributed by atoms with E-state index in [-0.39, 0.29) is 29.8 Å². The lowest BCUT2D eigenvalue weighted by Crippen LogP contribution is -2.54. The van der Waals surface area contributed by atoms with E-state index < -0.39 is 28.5 Å². The molecule has 4 aromatic carbocycles. The number of nitrogens with one attached hydrogen (secondary N) is 1. The molecule has 0 aromatic heterocycles. The van der Waals surface area contributed by atoms with Crippen molar-refractivity contribution >= 4 is 39.1 Å². The van der Waals surface area contributed by atoms with E-state index in [0.29, 0.717) is 10.7 Å². The summed E-state index contributed by atoms with van der Waals surface area (Å²) in [6.07, 6.45) is 4.13. The number of benzene rings is 4. The minimum Gasteiger partial charge on any atom is -0.352 e. The van der Waals surface area contributed by atoms with Gasteiger partial charge in [-0.3, -0.25) is 13.9 Å². The van der Waals surface area contributed by atoms with Crippen LogP contribution in [-0.4, -0.2) is 43.8 Å². The first-order valence-corrected chi connectivity index (χ1v) is 17.5. The normalized spacial score (nSPS) is 14.1. The molecule has 0 radical (unpaired) electrons. The molecule has 46 heavy (non-hydrogen) atoms. The average molecular weight is 658 g/mol. The molecule has 1 atom stereocenters. The molecule has 5 rings (SSSR count). The fourth-order valence-electron chi connectivity index (χ4n) is 6.10. The fourth-order valence-corrected chi connectivity index (χ4v) is 7.73. The zero-order chi connectivity index (χ0) is 32.7. The van der Waals surface area contributed by atoms with Gasteiger partial charge in [0.25, 0.3) is 10.0 Å². The van der Waals surface area contributed by atoms with Crippen LogP contribution in [-0.2, 0) is 32.6 Å². The summed E-state index contributed by atoms with van der Waals surface area (Å²) in [6.45, 7) is 3.35. The molecule has 1 aliphatic carbocycles. The number of hydrogen-bond donors (Lipinski definition) is 1. The third kappa shape index (κ3) is 8.36. The van der Waals surface area contributed by atoms with Gasteiger partial charge in [-0.15, -0.1) is 0 Å². The molecule has 0 heterocycles. The largest absolute Gasteiger partial charge is 0.352 e. The van der Waals surface area contributed by atoms with Crippen molar-refractivity contribution in [3.63, 3.8) is 0 Å². The van der Waals surface area contributed by atoms with E-state index in [1.54, 1.807) is 48.5 Å². The second-order valence-corrected chi connectivity index (χ2v) is 14.3. The Labute approximate surface area is 277 Å². The fraction of sp³-hybridized carbons (Fsp3) is 0.297. The van der Waals surface area contributed by atoms with Gasteiger partial charge in [0, 0.05) is 24.0 Å². The second kappa shape index (κ2) is 15.0. The smallest absolute Gasteiger partial charge is 0.264 e. The molecular formula is C37H40ClN3O4S. The molecule has 0 bridgehead atoms. The Morgan fingerprint density at radius 1 is 0.826 bits per heavy atom. The molecule has 240 valence electrons. The number of aryl methyl sites for hydroxylation is 2. The molecular weight excluding hydrogens is 618 g/mol. The number of amides is 2. The van der Waals surface area contributed by atoms with Crippen LogP contribution in [0.4, 0.5) is 5.69 Å². The molecule has 1 saturated carbocycles. The van der Waals surface area contributed by atoms with Crippen molar-refractivity contribution in [1.29, 1.82) is 0 Å². The predicted octanol–water partition coefficient (Wildman–Crippen LogP) is 6.85. The highest BCUT2D eigenvalue weighted by molar-refractivity contribution is 7.92. The molecule has 1 aliphatic rings. The maximum atomic E-state index is 14.6. The van der Waals surface area contributed by atoms with Gasteiger partial charge in [0.1, 0.15) is 12.6 Å². The highest BCUT2D eigenvalue weighted by Crippen LogP contribution is 2.27. The van der Waals surface area contributed by atoms with E-state index >= 15 is 0 Å². The maximum Gasteiger partial charge on any atom is 0.264 e. The van der Waals surface area contributed by atoms with Crippen LogP contribution in [0.3, 0.4) is 0 Å². The molecule has 1 N–H and O–H groups in total. The van der Waals surface area contributed by atoms with Gasteiger partial charge in [-0.05, 0) is 85.3 Å². The second-order valence-electron chi connectivity index (χ2n) is 12.0. The standard InChI is InChI=1S/C37H40ClN3O4S/c1-27-20-28(2)22-33(21-27)41(46(44,45)34-18-7-4-8-19-34)26-36(42)40(25-30-14-11-15-31(38)23-30)35(24-29-12-5-3-6-13-29)37(43)39-32-16-9-10-17-32/h3-8,11-15,18-23,32,35H,9-10,16-17,24-26H2,1-2H3,(H,39,43). The molecule has 7 nitrogen and oxygen atoms in total. The summed E-state index contributed by atoms with van der Waals surface area (Å²) in [5.74, 6) is -0.754. The summed E-state index contributed by atoms with van der Waals surface area (Å²) in [5.41, 5.74) is 3.73. The van der Waals surface area contributed by atoms with E-state index in [1.807, 2.05) is 56.3 Å². The Morgan fingerprint density at radius 2 is 1.43 bits per heavy atom. The van der Waals surface area contributed by atoms with Crippen LogP contribution in [0.5, 0.6) is 0 Å². The van der Waals surface area contributed by atoms with Crippen LogP contribution in [0.2, 0.25) is 5.02 Å². The number of halogens is 1. The molecule has 4 aromatic rings. The number of sulfonamides is 1. The molecule has 1 fully saturated rings. The first kappa shape index (κ1) is 33.2. The Kier molecular flexibility index (Phi) is 10.8. The van der Waals surface area contributed by atoms with E-state index in [2.05, 4.69) is 5.32 Å². The van der Waals surface area contributed by atoms with Crippen LogP contribution >= 0.6 is 11.6 Å². The van der Waals surface area contributed by atoms with Crippen LogP contribution in [0.25, 0.3) is 0 Å². The maximum absolute atomic E-state index is 14.6. The van der Waals surface area contributed by atoms with Gasteiger partial charge >= 0.3 is 0 Å². The third-order valence-electron chi connectivity index (χ3n) is 8.32. The van der Waals surface area contributed by atoms with Gasteiger partial charge < -0.3 is 10.2 Å². The van der Waals surface area contributed by atoms with Crippen molar-refractivity contribution in [2.45, 2.75) is 69.5 Å². The Bertz CT molecular complexity index is 1740. The minimum atomic E-state index is -4.16. The highest BCUT2D eigenvalue weighted by Gasteiger charge is 2.35. The Balaban J connectivity index is 1.58. The molecule has 2 amide bonds. The Morgan fingerprint density at radius 3 is 2.07 bits per heavy atom. The summed E-state index contributed by atoms with van der Waals surface area (Å²) in [4.78, 5) is 30.3. The van der Waals surface area contributed by atoms with Gasteiger partial charge in [0.2, 0.25) is 11.8 Å². The van der Waals surface area contributed by atoms with E-state index in [4.69, 9.17) is 11.6 Å². The summed E-state index contributed by atoms with van der Waals surface area (Å²) in [5, 5.41) is 3.70. The summed E-state index contributed by atoms with van der Waals surface area (Å²) >= 11 is 6.34. The van der Waals surface area contributed by atoms with Crippen molar-refractivity contribution in [3.8, 4) is 0 Å². The van der Waals surface area contributed by atoms with Crippen LogP contribution in [0, 0.1) is 13.8 Å². The summed E-state index contributed by atoms with van der Waals surface area (Å²) in [7, 11) is -4.16. The average Bonchev–Trinajstić information content (AvgIpc) is 3.55. The number of hydrogen-bond acceptors (Lipinski definition) is 4. The number of carbonyl (C=O) groups excluding carboxylic acids is 2. The zero-order valence-electron chi connectivity index (χ0n) is 26.2. The van der Waals surface area contributed by atoms with Crippen molar-refractivity contribution in [3.05, 3.63) is 130 Å². The first-order valence-electron chi connectivity index (χ1n) is 15.6. The Hall–Kier alpha value is -4.14. The minimum absolute atomic E-state index is 0.0409. The topological polar surface area (TPSA) is 86.8 Å².